The number of aliphatic hydroxyl groups excluding tert-OH is 2. The smallest absolute Gasteiger partial charge is 0.305 e. The van der Waals surface area contributed by atoms with E-state index >= 15 is 0 Å². The molecule has 0 fully saturated rings. The zero-order valence-electron chi connectivity index (χ0n) is 51.5. The number of amides is 1. The summed E-state index contributed by atoms with van der Waals surface area (Å²) in [6.45, 7) is 4.94. The molecule has 0 rings (SSSR count). The topological polar surface area (TPSA) is 95.9 Å². The molecule has 6 heteroatoms. The molecular weight excluding hydrogens is 935 g/mol. The molecule has 0 radical (unpaired) electrons. The van der Waals surface area contributed by atoms with Crippen molar-refractivity contribution in [3.8, 4) is 0 Å². The molecule has 0 aliphatic rings. The molecule has 0 bridgehead atoms. The van der Waals surface area contributed by atoms with E-state index in [0.717, 1.165) is 38.5 Å². The zero-order chi connectivity index (χ0) is 55.0. The summed E-state index contributed by atoms with van der Waals surface area (Å²) in [4.78, 5) is 24.6. The molecule has 0 aromatic carbocycles. The maximum atomic E-state index is 12.5. The Kier molecular flexibility index (Phi) is 64.4. The van der Waals surface area contributed by atoms with E-state index in [-0.39, 0.29) is 18.5 Å². The van der Waals surface area contributed by atoms with Crippen molar-refractivity contribution in [1.29, 1.82) is 0 Å². The van der Waals surface area contributed by atoms with Crippen LogP contribution in [0.15, 0.2) is 24.3 Å². The van der Waals surface area contributed by atoms with Gasteiger partial charge in [0, 0.05) is 12.8 Å². The number of esters is 1. The van der Waals surface area contributed by atoms with E-state index in [2.05, 4.69) is 31.3 Å². The van der Waals surface area contributed by atoms with Gasteiger partial charge in [-0.2, -0.15) is 0 Å². The molecular formula is C70H135NO5. The molecule has 2 atom stereocenters. The van der Waals surface area contributed by atoms with Gasteiger partial charge in [-0.3, -0.25) is 9.59 Å². The standard InChI is InChI=1S/C70H135NO5/c1-3-5-7-9-11-13-15-17-19-21-32-36-40-44-48-52-56-60-64-70(75)76-65-61-57-53-49-45-41-37-33-29-27-25-23-22-24-26-28-31-35-39-43-47-51-55-59-63-69(74)71-67(66-72)68(73)62-58-54-50-46-42-38-34-30-20-18-16-14-12-10-8-6-4-2/h24,26,58,62,67-68,72-73H,3-23,25,27-57,59-61,63-66H2,1-2H3,(H,71,74)/b26-24-,62-58+. The minimum Gasteiger partial charge on any atom is -0.466 e. The third-order valence-corrected chi connectivity index (χ3v) is 16.2. The number of ether oxygens (including phenoxy) is 1. The summed E-state index contributed by atoms with van der Waals surface area (Å²) >= 11 is 0. The summed E-state index contributed by atoms with van der Waals surface area (Å²) in [5.74, 6) is -0.0525. The summed E-state index contributed by atoms with van der Waals surface area (Å²) < 4.78 is 5.51. The summed E-state index contributed by atoms with van der Waals surface area (Å²) in [6.07, 6.45) is 82.5. The van der Waals surface area contributed by atoms with Crippen LogP contribution in [0.25, 0.3) is 0 Å². The second kappa shape index (κ2) is 65.9. The van der Waals surface area contributed by atoms with Gasteiger partial charge in [0.25, 0.3) is 0 Å². The molecule has 76 heavy (non-hydrogen) atoms. The van der Waals surface area contributed by atoms with Crippen LogP contribution in [-0.2, 0) is 14.3 Å². The van der Waals surface area contributed by atoms with Crippen molar-refractivity contribution in [1.82, 2.24) is 5.32 Å². The predicted molar refractivity (Wildman–Crippen MR) is 333 cm³/mol. The van der Waals surface area contributed by atoms with Gasteiger partial charge in [0.2, 0.25) is 5.91 Å². The van der Waals surface area contributed by atoms with Crippen LogP contribution in [0, 0.1) is 0 Å². The van der Waals surface area contributed by atoms with Crippen molar-refractivity contribution in [3.05, 3.63) is 24.3 Å². The van der Waals surface area contributed by atoms with Gasteiger partial charge >= 0.3 is 5.97 Å². The lowest BCUT2D eigenvalue weighted by molar-refractivity contribution is -0.143. The Morgan fingerprint density at radius 1 is 0.355 bits per heavy atom. The van der Waals surface area contributed by atoms with E-state index in [4.69, 9.17) is 4.74 Å². The van der Waals surface area contributed by atoms with Crippen molar-refractivity contribution < 1.29 is 24.5 Å². The third-order valence-electron chi connectivity index (χ3n) is 16.2. The summed E-state index contributed by atoms with van der Waals surface area (Å²) in [5, 5.41) is 23.2. The van der Waals surface area contributed by atoms with Gasteiger partial charge < -0.3 is 20.3 Å². The average molecular weight is 1070 g/mol. The van der Waals surface area contributed by atoms with Gasteiger partial charge in [0.1, 0.15) is 0 Å². The highest BCUT2D eigenvalue weighted by Gasteiger charge is 2.18. The maximum absolute atomic E-state index is 12.5. The van der Waals surface area contributed by atoms with Crippen LogP contribution in [0.5, 0.6) is 0 Å². The number of aliphatic hydroxyl groups is 2. The number of carbonyl (C=O) groups excluding carboxylic acids is 2. The molecule has 0 saturated heterocycles. The van der Waals surface area contributed by atoms with E-state index in [1.165, 1.54) is 321 Å². The van der Waals surface area contributed by atoms with Crippen molar-refractivity contribution in [2.24, 2.45) is 0 Å². The molecule has 0 aromatic heterocycles. The van der Waals surface area contributed by atoms with Crippen LogP contribution < -0.4 is 5.32 Å². The number of rotatable bonds is 65. The highest BCUT2D eigenvalue weighted by Crippen LogP contribution is 2.18. The Balaban J connectivity index is 3.40. The fraction of sp³-hybridized carbons (Fsp3) is 0.914. The van der Waals surface area contributed by atoms with Crippen LogP contribution in [0.2, 0.25) is 0 Å². The number of hydrogen-bond acceptors (Lipinski definition) is 5. The second-order valence-electron chi connectivity index (χ2n) is 23.9. The van der Waals surface area contributed by atoms with Crippen molar-refractivity contribution in [2.75, 3.05) is 13.2 Å². The number of carbonyl (C=O) groups is 2. The van der Waals surface area contributed by atoms with Gasteiger partial charge in [-0.05, 0) is 57.8 Å². The van der Waals surface area contributed by atoms with Crippen LogP contribution in [0.3, 0.4) is 0 Å². The number of hydrogen-bond donors (Lipinski definition) is 3. The lowest BCUT2D eigenvalue weighted by Gasteiger charge is -2.20. The minimum atomic E-state index is -0.847. The Morgan fingerprint density at radius 2 is 0.618 bits per heavy atom. The number of nitrogens with one attached hydrogen (secondary N) is 1. The van der Waals surface area contributed by atoms with Crippen molar-refractivity contribution in [3.63, 3.8) is 0 Å². The molecule has 3 N–H and O–H groups in total. The van der Waals surface area contributed by atoms with Gasteiger partial charge in [-0.1, -0.05) is 340 Å². The van der Waals surface area contributed by atoms with Crippen molar-refractivity contribution >= 4 is 11.9 Å². The normalized spacial score (nSPS) is 12.6. The Labute approximate surface area is 475 Å². The summed E-state index contributed by atoms with van der Waals surface area (Å²) in [7, 11) is 0. The van der Waals surface area contributed by atoms with Crippen LogP contribution >= 0.6 is 0 Å². The van der Waals surface area contributed by atoms with E-state index < -0.39 is 12.1 Å². The zero-order valence-corrected chi connectivity index (χ0v) is 51.5. The van der Waals surface area contributed by atoms with E-state index in [9.17, 15) is 19.8 Å². The fourth-order valence-electron chi connectivity index (χ4n) is 10.9. The molecule has 0 heterocycles. The van der Waals surface area contributed by atoms with Gasteiger partial charge in [0.15, 0.2) is 0 Å². The fourth-order valence-corrected chi connectivity index (χ4v) is 10.9. The Hall–Kier alpha value is -1.66. The molecule has 450 valence electrons. The van der Waals surface area contributed by atoms with E-state index in [1.807, 2.05) is 6.08 Å². The van der Waals surface area contributed by atoms with Gasteiger partial charge in [0.05, 0.1) is 25.4 Å². The van der Waals surface area contributed by atoms with Gasteiger partial charge in [-0.25, -0.2) is 0 Å². The quantitative estimate of drug-likeness (QED) is 0.0320. The highest BCUT2D eigenvalue weighted by molar-refractivity contribution is 5.76. The maximum Gasteiger partial charge on any atom is 0.305 e. The highest BCUT2D eigenvalue weighted by atomic mass is 16.5. The summed E-state index contributed by atoms with van der Waals surface area (Å²) in [5.41, 5.74) is 0. The minimum absolute atomic E-state index is 0.0171. The molecule has 0 spiro atoms. The SMILES string of the molecule is CCCCCCCCCCCCCCCCC/C=C/C(O)C(CO)NC(=O)CCCCCCCCCC/C=C\CCCCCCCCCCCCCCOC(=O)CCCCCCCCCCCCCCCCCCCC. The van der Waals surface area contributed by atoms with Crippen molar-refractivity contribution in [2.45, 2.75) is 398 Å². The van der Waals surface area contributed by atoms with Crippen LogP contribution in [0.1, 0.15) is 386 Å². The average Bonchev–Trinajstić information content (AvgIpc) is 3.42. The molecule has 1 amide bonds. The predicted octanol–water partition coefficient (Wildman–Crippen LogP) is 22.1. The van der Waals surface area contributed by atoms with Crippen LogP contribution in [-0.4, -0.2) is 47.4 Å². The third kappa shape index (κ3) is 61.6. The molecule has 0 aromatic rings. The lowest BCUT2D eigenvalue weighted by Crippen LogP contribution is -2.45. The first-order chi connectivity index (χ1) is 37.5. The first-order valence-corrected chi connectivity index (χ1v) is 34.6. The Bertz CT molecular complexity index is 1190. The van der Waals surface area contributed by atoms with E-state index in [1.54, 1.807) is 6.08 Å². The second-order valence-corrected chi connectivity index (χ2v) is 23.9. The number of unbranched alkanes of at least 4 members (excludes halogenated alkanes) is 52. The molecule has 2 unspecified atom stereocenters. The first kappa shape index (κ1) is 74.3. The van der Waals surface area contributed by atoms with Gasteiger partial charge in [-0.15, -0.1) is 0 Å². The first-order valence-electron chi connectivity index (χ1n) is 34.6. The lowest BCUT2D eigenvalue weighted by atomic mass is 10.0. The largest absolute Gasteiger partial charge is 0.466 e. The summed E-state index contributed by atoms with van der Waals surface area (Å²) in [6, 6.07) is -0.631. The van der Waals surface area contributed by atoms with E-state index in [0.29, 0.717) is 19.4 Å². The number of allylic oxidation sites excluding steroid dienone is 3. The molecule has 6 nitrogen and oxygen atoms in total. The Morgan fingerprint density at radius 3 is 0.934 bits per heavy atom. The monoisotopic (exact) mass is 1070 g/mol. The van der Waals surface area contributed by atoms with Crippen LogP contribution in [0.4, 0.5) is 0 Å². The molecule has 0 aliphatic heterocycles. The molecule has 0 aliphatic carbocycles. The molecule has 0 saturated carbocycles.